The lowest BCUT2D eigenvalue weighted by Crippen LogP contribution is -2.22. The van der Waals surface area contributed by atoms with Crippen LogP contribution in [0.2, 0.25) is 0 Å². The number of anilines is 1. The Morgan fingerprint density at radius 2 is 1.95 bits per heavy atom. The lowest BCUT2D eigenvalue weighted by Gasteiger charge is -2.15. The SMILES string of the molecule is CNC(C)c1cccn1CC(=O)Nc1ccc(C)cc1. The van der Waals surface area contributed by atoms with E-state index in [1.54, 1.807) is 0 Å². The number of carbonyl (C=O) groups excluding carboxylic acids is 1. The molecular formula is C16H21N3O. The van der Waals surface area contributed by atoms with E-state index in [0.29, 0.717) is 6.54 Å². The number of nitrogens with zero attached hydrogens (tertiary/aromatic N) is 1. The van der Waals surface area contributed by atoms with E-state index in [1.807, 2.05) is 61.1 Å². The van der Waals surface area contributed by atoms with E-state index in [1.165, 1.54) is 5.56 Å². The minimum Gasteiger partial charge on any atom is -0.341 e. The van der Waals surface area contributed by atoms with Crippen LogP contribution in [0.1, 0.15) is 24.2 Å². The third-order valence-corrected chi connectivity index (χ3v) is 3.39. The van der Waals surface area contributed by atoms with Crippen LogP contribution in [0.4, 0.5) is 5.69 Å². The molecule has 1 unspecified atom stereocenters. The molecule has 4 heteroatoms. The molecule has 2 rings (SSSR count). The van der Waals surface area contributed by atoms with Gasteiger partial charge in [-0.15, -0.1) is 0 Å². The third kappa shape index (κ3) is 3.48. The first kappa shape index (κ1) is 14.3. The largest absolute Gasteiger partial charge is 0.341 e. The van der Waals surface area contributed by atoms with Crippen molar-refractivity contribution >= 4 is 11.6 Å². The summed E-state index contributed by atoms with van der Waals surface area (Å²) in [7, 11) is 1.91. The number of amides is 1. The molecule has 2 N–H and O–H groups in total. The molecule has 106 valence electrons. The van der Waals surface area contributed by atoms with E-state index in [4.69, 9.17) is 0 Å². The van der Waals surface area contributed by atoms with E-state index in [9.17, 15) is 4.79 Å². The van der Waals surface area contributed by atoms with E-state index >= 15 is 0 Å². The van der Waals surface area contributed by atoms with Gasteiger partial charge in [-0.3, -0.25) is 4.79 Å². The Balaban J connectivity index is 2.01. The molecule has 0 aliphatic carbocycles. The van der Waals surface area contributed by atoms with Gasteiger partial charge in [0, 0.05) is 23.6 Å². The highest BCUT2D eigenvalue weighted by Crippen LogP contribution is 2.13. The number of hydrogen-bond acceptors (Lipinski definition) is 2. The van der Waals surface area contributed by atoms with Gasteiger partial charge in [-0.2, -0.15) is 0 Å². The van der Waals surface area contributed by atoms with Crippen molar-refractivity contribution in [2.45, 2.75) is 26.4 Å². The minimum atomic E-state index is -0.0189. The predicted molar refractivity (Wildman–Crippen MR) is 81.7 cm³/mol. The average molecular weight is 271 g/mol. The zero-order chi connectivity index (χ0) is 14.5. The molecule has 2 aromatic rings. The lowest BCUT2D eigenvalue weighted by molar-refractivity contribution is -0.116. The van der Waals surface area contributed by atoms with Gasteiger partial charge < -0.3 is 15.2 Å². The van der Waals surface area contributed by atoms with E-state index in [2.05, 4.69) is 17.6 Å². The Labute approximate surface area is 119 Å². The molecule has 0 saturated carbocycles. The van der Waals surface area contributed by atoms with Crippen LogP contribution in [0.15, 0.2) is 42.6 Å². The first-order valence-corrected chi connectivity index (χ1v) is 6.79. The molecule has 1 aromatic carbocycles. The van der Waals surface area contributed by atoms with Crippen LogP contribution in [0, 0.1) is 6.92 Å². The first-order chi connectivity index (χ1) is 9.60. The zero-order valence-corrected chi connectivity index (χ0v) is 12.2. The maximum absolute atomic E-state index is 12.1. The number of hydrogen-bond donors (Lipinski definition) is 2. The topological polar surface area (TPSA) is 46.1 Å². The van der Waals surface area contributed by atoms with Crippen molar-refractivity contribution < 1.29 is 4.79 Å². The lowest BCUT2D eigenvalue weighted by atomic mass is 10.2. The van der Waals surface area contributed by atoms with Gasteiger partial charge in [-0.25, -0.2) is 0 Å². The van der Waals surface area contributed by atoms with Crippen molar-refractivity contribution in [2.24, 2.45) is 0 Å². The van der Waals surface area contributed by atoms with Gasteiger partial charge >= 0.3 is 0 Å². The van der Waals surface area contributed by atoms with Crippen molar-refractivity contribution in [1.82, 2.24) is 9.88 Å². The number of aryl methyl sites for hydroxylation is 1. The molecule has 1 atom stereocenters. The average Bonchev–Trinajstić information content (AvgIpc) is 2.88. The molecule has 0 bridgehead atoms. The number of carbonyl (C=O) groups is 1. The van der Waals surface area contributed by atoms with Crippen LogP contribution in [0.25, 0.3) is 0 Å². The standard InChI is InChI=1S/C16H21N3O/c1-12-6-8-14(9-7-12)18-16(20)11-19-10-4-5-15(19)13(2)17-3/h4-10,13,17H,11H2,1-3H3,(H,18,20). The fourth-order valence-corrected chi connectivity index (χ4v) is 2.10. The molecular weight excluding hydrogens is 250 g/mol. The van der Waals surface area contributed by atoms with Gasteiger partial charge in [0.1, 0.15) is 6.54 Å². The maximum Gasteiger partial charge on any atom is 0.244 e. The van der Waals surface area contributed by atoms with Crippen LogP contribution in [0.5, 0.6) is 0 Å². The molecule has 0 spiro atoms. The Hall–Kier alpha value is -2.07. The van der Waals surface area contributed by atoms with Gasteiger partial charge in [-0.05, 0) is 45.2 Å². The van der Waals surface area contributed by atoms with Crippen LogP contribution in [-0.4, -0.2) is 17.5 Å². The molecule has 0 aliphatic rings. The summed E-state index contributed by atoms with van der Waals surface area (Å²) in [5.41, 5.74) is 3.11. The molecule has 1 heterocycles. The molecule has 4 nitrogen and oxygen atoms in total. The van der Waals surface area contributed by atoms with Gasteiger partial charge in [0.05, 0.1) is 0 Å². The van der Waals surface area contributed by atoms with Crippen molar-refractivity contribution in [3.63, 3.8) is 0 Å². The van der Waals surface area contributed by atoms with Crippen molar-refractivity contribution in [2.75, 3.05) is 12.4 Å². The van der Waals surface area contributed by atoms with Gasteiger partial charge in [-0.1, -0.05) is 17.7 Å². The van der Waals surface area contributed by atoms with Crippen LogP contribution in [-0.2, 0) is 11.3 Å². The molecule has 0 fully saturated rings. The first-order valence-electron chi connectivity index (χ1n) is 6.79. The fraction of sp³-hybridized carbons (Fsp3) is 0.312. The second-order valence-corrected chi connectivity index (χ2v) is 4.99. The normalized spacial score (nSPS) is 12.2. The fourth-order valence-electron chi connectivity index (χ4n) is 2.10. The summed E-state index contributed by atoms with van der Waals surface area (Å²) in [6.07, 6.45) is 1.93. The second-order valence-electron chi connectivity index (χ2n) is 4.99. The molecule has 20 heavy (non-hydrogen) atoms. The third-order valence-electron chi connectivity index (χ3n) is 3.39. The summed E-state index contributed by atoms with van der Waals surface area (Å²) in [4.78, 5) is 12.1. The second kappa shape index (κ2) is 6.39. The quantitative estimate of drug-likeness (QED) is 0.878. The minimum absolute atomic E-state index is 0.0189. The molecule has 0 aliphatic heterocycles. The van der Waals surface area contributed by atoms with Gasteiger partial charge in [0.25, 0.3) is 0 Å². The monoisotopic (exact) mass is 271 g/mol. The number of rotatable bonds is 5. The number of benzene rings is 1. The van der Waals surface area contributed by atoms with Crippen LogP contribution >= 0.6 is 0 Å². The van der Waals surface area contributed by atoms with E-state index in [0.717, 1.165) is 11.4 Å². The summed E-state index contributed by atoms with van der Waals surface area (Å²) in [6.45, 7) is 4.42. The zero-order valence-electron chi connectivity index (χ0n) is 12.2. The summed E-state index contributed by atoms with van der Waals surface area (Å²) >= 11 is 0. The van der Waals surface area contributed by atoms with Crippen molar-refractivity contribution in [3.05, 3.63) is 53.9 Å². The Kier molecular flexibility index (Phi) is 4.58. The Bertz CT molecular complexity index is 572. The van der Waals surface area contributed by atoms with Crippen LogP contribution in [0.3, 0.4) is 0 Å². The highest BCUT2D eigenvalue weighted by atomic mass is 16.1. The molecule has 1 aromatic heterocycles. The number of aromatic nitrogens is 1. The number of nitrogens with one attached hydrogen (secondary N) is 2. The highest BCUT2D eigenvalue weighted by molar-refractivity contribution is 5.90. The van der Waals surface area contributed by atoms with Gasteiger partial charge in [0.2, 0.25) is 5.91 Å². The highest BCUT2D eigenvalue weighted by Gasteiger charge is 2.10. The summed E-state index contributed by atoms with van der Waals surface area (Å²) < 4.78 is 1.96. The molecule has 0 saturated heterocycles. The van der Waals surface area contributed by atoms with E-state index < -0.39 is 0 Å². The Morgan fingerprint density at radius 1 is 1.25 bits per heavy atom. The predicted octanol–water partition coefficient (Wildman–Crippen LogP) is 2.72. The summed E-state index contributed by atoms with van der Waals surface area (Å²) in [5.74, 6) is -0.0189. The van der Waals surface area contributed by atoms with Crippen molar-refractivity contribution in [1.29, 1.82) is 0 Å². The smallest absolute Gasteiger partial charge is 0.244 e. The van der Waals surface area contributed by atoms with Gasteiger partial charge in [0.15, 0.2) is 0 Å². The Morgan fingerprint density at radius 3 is 2.60 bits per heavy atom. The van der Waals surface area contributed by atoms with E-state index in [-0.39, 0.29) is 11.9 Å². The molecule has 1 amide bonds. The summed E-state index contributed by atoms with van der Waals surface area (Å²) in [6, 6.07) is 12.0. The van der Waals surface area contributed by atoms with Crippen molar-refractivity contribution in [3.8, 4) is 0 Å². The summed E-state index contributed by atoms with van der Waals surface area (Å²) in [5, 5.41) is 6.10. The molecule has 0 radical (unpaired) electrons. The van der Waals surface area contributed by atoms with Crippen LogP contribution < -0.4 is 10.6 Å². The maximum atomic E-state index is 12.1.